The van der Waals surface area contributed by atoms with E-state index in [0.717, 1.165) is 0 Å². The first kappa shape index (κ1) is 16.6. The highest BCUT2D eigenvalue weighted by Crippen LogP contribution is 2.23. The van der Waals surface area contributed by atoms with Crippen molar-refractivity contribution in [2.45, 2.75) is 33.2 Å². The number of aliphatic carboxylic acids is 1. The molecule has 0 radical (unpaired) electrons. The van der Waals surface area contributed by atoms with Gasteiger partial charge in [0.1, 0.15) is 5.82 Å². The van der Waals surface area contributed by atoms with Crippen molar-refractivity contribution in [2.24, 2.45) is 5.41 Å². The minimum absolute atomic E-state index is 0.104. The van der Waals surface area contributed by atoms with E-state index in [-0.39, 0.29) is 12.0 Å². The molecule has 110 valence electrons. The third kappa shape index (κ3) is 4.59. The summed E-state index contributed by atoms with van der Waals surface area (Å²) in [4.78, 5) is 22.9. The summed E-state index contributed by atoms with van der Waals surface area (Å²) in [6, 6.07) is 3.52. The molecule has 20 heavy (non-hydrogen) atoms. The summed E-state index contributed by atoms with van der Waals surface area (Å²) in [5, 5.41) is 11.5. The molecule has 1 unspecified atom stereocenters. The second-order valence-corrected chi connectivity index (χ2v) is 6.53. The lowest BCUT2D eigenvalue weighted by atomic mass is 9.84. The quantitative estimate of drug-likeness (QED) is 0.880. The molecule has 0 fully saturated rings. The summed E-state index contributed by atoms with van der Waals surface area (Å²) in [5.74, 6) is -2.28. The second-order valence-electron chi connectivity index (χ2n) is 5.61. The Bertz CT molecular complexity index is 526. The maximum atomic E-state index is 13.7. The average Bonchev–Trinajstić information content (AvgIpc) is 2.25. The molecule has 2 N–H and O–H groups in total. The van der Waals surface area contributed by atoms with Crippen LogP contribution in [0.15, 0.2) is 22.7 Å². The summed E-state index contributed by atoms with van der Waals surface area (Å²) in [6.07, 6.45) is -0.215. The third-order valence-electron chi connectivity index (χ3n) is 2.91. The first-order valence-corrected chi connectivity index (χ1v) is 6.88. The average molecular weight is 346 g/mol. The van der Waals surface area contributed by atoms with Gasteiger partial charge in [-0.1, -0.05) is 36.7 Å². The fourth-order valence-electron chi connectivity index (χ4n) is 1.66. The Morgan fingerprint density at radius 1 is 1.40 bits per heavy atom. The lowest BCUT2D eigenvalue weighted by molar-refractivity contribution is -0.138. The van der Waals surface area contributed by atoms with E-state index in [0.29, 0.717) is 4.47 Å². The van der Waals surface area contributed by atoms with Gasteiger partial charge >= 0.3 is 5.97 Å². The van der Waals surface area contributed by atoms with Gasteiger partial charge in [-0.25, -0.2) is 4.39 Å². The normalized spacial score (nSPS) is 12.8. The standard InChI is InChI=1S/C14H17BrFNO3/c1-14(2,3)11(7-12(18)19)17-13(20)9-5-4-8(15)6-10(9)16/h4-6,11H,7H2,1-3H3,(H,17,20)(H,18,19). The molecule has 1 amide bonds. The van der Waals surface area contributed by atoms with Gasteiger partial charge in [-0.3, -0.25) is 9.59 Å². The van der Waals surface area contributed by atoms with E-state index >= 15 is 0 Å². The highest BCUT2D eigenvalue weighted by Gasteiger charge is 2.29. The van der Waals surface area contributed by atoms with Gasteiger partial charge in [0, 0.05) is 10.5 Å². The molecule has 1 aromatic carbocycles. The first-order valence-electron chi connectivity index (χ1n) is 6.09. The Morgan fingerprint density at radius 3 is 2.45 bits per heavy atom. The van der Waals surface area contributed by atoms with Crippen molar-refractivity contribution in [3.05, 3.63) is 34.1 Å². The summed E-state index contributed by atoms with van der Waals surface area (Å²) in [6.45, 7) is 5.45. The molecule has 0 saturated carbocycles. The number of halogens is 2. The highest BCUT2D eigenvalue weighted by atomic mass is 79.9. The van der Waals surface area contributed by atoms with Crippen LogP contribution in [0.2, 0.25) is 0 Å². The maximum absolute atomic E-state index is 13.7. The molecule has 6 heteroatoms. The van der Waals surface area contributed by atoms with E-state index in [2.05, 4.69) is 21.2 Å². The highest BCUT2D eigenvalue weighted by molar-refractivity contribution is 9.10. The van der Waals surface area contributed by atoms with Gasteiger partial charge in [0.2, 0.25) is 0 Å². The van der Waals surface area contributed by atoms with Gasteiger partial charge in [-0.2, -0.15) is 0 Å². The largest absolute Gasteiger partial charge is 0.481 e. The summed E-state index contributed by atoms with van der Waals surface area (Å²) in [7, 11) is 0. The number of carbonyl (C=O) groups excluding carboxylic acids is 1. The zero-order valence-electron chi connectivity index (χ0n) is 11.5. The fraction of sp³-hybridized carbons (Fsp3) is 0.429. The molecule has 1 aromatic rings. The number of rotatable bonds is 4. The minimum Gasteiger partial charge on any atom is -0.481 e. The molecule has 1 atom stereocenters. The van der Waals surface area contributed by atoms with Crippen molar-refractivity contribution < 1.29 is 19.1 Å². The number of carboxylic acids is 1. The summed E-state index contributed by atoms with van der Waals surface area (Å²) < 4.78 is 14.2. The lowest BCUT2D eigenvalue weighted by Crippen LogP contribution is -2.45. The lowest BCUT2D eigenvalue weighted by Gasteiger charge is -2.30. The summed E-state index contributed by atoms with van der Waals surface area (Å²) >= 11 is 3.11. The van der Waals surface area contributed by atoms with Crippen LogP contribution in [0.1, 0.15) is 37.6 Å². The Morgan fingerprint density at radius 2 is 2.00 bits per heavy atom. The van der Waals surface area contributed by atoms with Crippen LogP contribution in [0.3, 0.4) is 0 Å². The molecule has 0 bridgehead atoms. The van der Waals surface area contributed by atoms with Crippen LogP contribution in [0.4, 0.5) is 4.39 Å². The van der Waals surface area contributed by atoms with E-state index in [1.165, 1.54) is 12.1 Å². The Hall–Kier alpha value is -1.43. The fourth-order valence-corrected chi connectivity index (χ4v) is 1.99. The van der Waals surface area contributed by atoms with E-state index in [9.17, 15) is 14.0 Å². The number of carbonyl (C=O) groups is 2. The molecule has 0 saturated heterocycles. The van der Waals surface area contributed by atoms with Crippen molar-refractivity contribution in [1.82, 2.24) is 5.32 Å². The minimum atomic E-state index is -1.01. The molecule has 0 aliphatic heterocycles. The van der Waals surface area contributed by atoms with Gasteiger partial charge in [-0.15, -0.1) is 0 Å². The van der Waals surface area contributed by atoms with Crippen LogP contribution in [0.5, 0.6) is 0 Å². The Labute approximate surface area is 125 Å². The molecular weight excluding hydrogens is 329 g/mol. The Balaban J connectivity index is 2.93. The van der Waals surface area contributed by atoms with Crippen molar-refractivity contribution in [3.8, 4) is 0 Å². The van der Waals surface area contributed by atoms with E-state index in [4.69, 9.17) is 5.11 Å². The SMILES string of the molecule is CC(C)(C)C(CC(=O)O)NC(=O)c1ccc(Br)cc1F. The molecule has 0 aromatic heterocycles. The molecule has 0 aliphatic carbocycles. The summed E-state index contributed by atoms with van der Waals surface area (Å²) in [5.41, 5.74) is -0.548. The van der Waals surface area contributed by atoms with Crippen LogP contribution in [0, 0.1) is 11.2 Å². The zero-order chi connectivity index (χ0) is 15.5. The van der Waals surface area contributed by atoms with E-state index in [1.54, 1.807) is 6.07 Å². The maximum Gasteiger partial charge on any atom is 0.305 e. The van der Waals surface area contributed by atoms with Gasteiger partial charge in [0.25, 0.3) is 5.91 Å². The van der Waals surface area contributed by atoms with Crippen molar-refractivity contribution in [3.63, 3.8) is 0 Å². The van der Waals surface area contributed by atoms with Gasteiger partial charge < -0.3 is 10.4 Å². The second kappa shape index (κ2) is 6.35. The monoisotopic (exact) mass is 345 g/mol. The molecule has 0 spiro atoms. The molecule has 0 aliphatic rings. The van der Waals surface area contributed by atoms with Crippen LogP contribution in [0.25, 0.3) is 0 Å². The molecular formula is C14H17BrFNO3. The first-order chi connectivity index (χ1) is 9.11. The van der Waals surface area contributed by atoms with E-state index in [1.807, 2.05) is 20.8 Å². The van der Waals surface area contributed by atoms with Crippen LogP contribution >= 0.6 is 15.9 Å². The number of carboxylic acid groups (broad SMARTS) is 1. The molecule has 0 heterocycles. The van der Waals surface area contributed by atoms with Crippen LogP contribution < -0.4 is 5.32 Å². The van der Waals surface area contributed by atoms with E-state index < -0.39 is 29.2 Å². The van der Waals surface area contributed by atoms with Crippen LogP contribution in [-0.4, -0.2) is 23.0 Å². The molecule has 1 rings (SSSR count). The smallest absolute Gasteiger partial charge is 0.305 e. The Kier molecular flexibility index (Phi) is 5.28. The predicted octanol–water partition coefficient (Wildman–Crippen LogP) is 3.21. The predicted molar refractivity (Wildman–Crippen MR) is 77.1 cm³/mol. The van der Waals surface area contributed by atoms with Crippen molar-refractivity contribution >= 4 is 27.8 Å². The van der Waals surface area contributed by atoms with Crippen LogP contribution in [-0.2, 0) is 4.79 Å². The van der Waals surface area contributed by atoms with Gasteiger partial charge in [0.15, 0.2) is 0 Å². The number of amides is 1. The number of hydrogen-bond donors (Lipinski definition) is 2. The molecule has 4 nitrogen and oxygen atoms in total. The van der Waals surface area contributed by atoms with Crippen molar-refractivity contribution in [1.29, 1.82) is 0 Å². The van der Waals surface area contributed by atoms with Crippen molar-refractivity contribution in [2.75, 3.05) is 0 Å². The number of benzene rings is 1. The third-order valence-corrected chi connectivity index (χ3v) is 3.40. The van der Waals surface area contributed by atoms with Gasteiger partial charge in [0.05, 0.1) is 12.0 Å². The number of hydrogen-bond acceptors (Lipinski definition) is 2. The zero-order valence-corrected chi connectivity index (χ0v) is 13.1. The topological polar surface area (TPSA) is 66.4 Å². The van der Waals surface area contributed by atoms with Gasteiger partial charge in [-0.05, 0) is 23.6 Å². The number of nitrogens with one attached hydrogen (secondary N) is 1.